The average molecular weight is 264 g/mol. The molecule has 0 aromatic carbocycles. The molecule has 1 atom stereocenters. The Hall–Kier alpha value is -0.910. The lowest BCUT2D eigenvalue weighted by Crippen LogP contribution is -2.38. The third-order valence-corrected chi connectivity index (χ3v) is 4.08. The van der Waals surface area contributed by atoms with Crippen LogP contribution in [0.4, 0.5) is 0 Å². The molecule has 0 bridgehead atoms. The highest BCUT2D eigenvalue weighted by molar-refractivity contribution is 5.05. The number of nitrogens with zero attached hydrogens (tertiary/aromatic N) is 3. The summed E-state index contributed by atoms with van der Waals surface area (Å²) in [6.45, 7) is 4.08. The molecule has 5 heteroatoms. The lowest BCUT2D eigenvalue weighted by atomic mass is 10.2. The van der Waals surface area contributed by atoms with Crippen LogP contribution in [0, 0.1) is 0 Å². The largest absolute Gasteiger partial charge is 0.394 e. The molecule has 0 spiro atoms. The van der Waals surface area contributed by atoms with Gasteiger partial charge < -0.3 is 10.4 Å². The first-order chi connectivity index (χ1) is 9.35. The molecule has 1 aromatic heterocycles. The molecule has 1 aliphatic carbocycles. The zero-order chi connectivity index (χ0) is 13.1. The molecule has 1 aromatic rings. The maximum Gasteiger partial charge on any atom is 0.0640 e. The van der Waals surface area contributed by atoms with Crippen LogP contribution in [0.2, 0.25) is 0 Å². The van der Waals surface area contributed by atoms with E-state index < -0.39 is 0 Å². The molecule has 2 heterocycles. The summed E-state index contributed by atoms with van der Waals surface area (Å²) in [5.74, 6) is 0. The van der Waals surface area contributed by atoms with E-state index in [1.165, 1.54) is 37.8 Å². The lowest BCUT2D eigenvalue weighted by molar-refractivity contribution is 0.231. The third kappa shape index (κ3) is 3.55. The second kappa shape index (κ2) is 6.03. The van der Waals surface area contributed by atoms with Crippen LogP contribution in [-0.4, -0.2) is 51.6 Å². The van der Waals surface area contributed by atoms with E-state index in [0.717, 1.165) is 19.1 Å². The molecule has 1 aliphatic heterocycles. The van der Waals surface area contributed by atoms with Crippen LogP contribution >= 0.6 is 0 Å². The molecule has 2 N–H and O–H groups in total. The first-order valence-electron chi connectivity index (χ1n) is 7.45. The second-order valence-electron chi connectivity index (χ2n) is 5.79. The van der Waals surface area contributed by atoms with Crippen molar-refractivity contribution in [2.75, 3.05) is 19.7 Å². The van der Waals surface area contributed by atoms with Crippen molar-refractivity contribution in [3.05, 3.63) is 18.0 Å². The number of rotatable bonds is 7. The first-order valence-corrected chi connectivity index (χ1v) is 7.45. The molecule has 1 unspecified atom stereocenters. The van der Waals surface area contributed by atoms with Crippen molar-refractivity contribution in [2.45, 2.75) is 50.9 Å². The fourth-order valence-electron chi connectivity index (χ4n) is 2.93. The number of aliphatic hydroxyl groups is 1. The van der Waals surface area contributed by atoms with Crippen molar-refractivity contribution in [2.24, 2.45) is 0 Å². The zero-order valence-corrected chi connectivity index (χ0v) is 11.5. The maximum absolute atomic E-state index is 8.92. The predicted molar refractivity (Wildman–Crippen MR) is 73.8 cm³/mol. The second-order valence-corrected chi connectivity index (χ2v) is 5.79. The van der Waals surface area contributed by atoms with Crippen LogP contribution in [-0.2, 0) is 13.1 Å². The Balaban J connectivity index is 1.56. The zero-order valence-electron chi connectivity index (χ0n) is 11.5. The van der Waals surface area contributed by atoms with E-state index in [9.17, 15) is 0 Å². The SMILES string of the molecule is OCCn1cc(CN(CC2CCCN2)C2CC2)cn1. The van der Waals surface area contributed by atoms with Crippen LogP contribution < -0.4 is 5.32 Å². The highest BCUT2D eigenvalue weighted by atomic mass is 16.3. The maximum atomic E-state index is 8.92. The molecular formula is C14H24N4O. The summed E-state index contributed by atoms with van der Waals surface area (Å²) in [6, 6.07) is 1.46. The summed E-state index contributed by atoms with van der Waals surface area (Å²) in [4.78, 5) is 2.60. The monoisotopic (exact) mass is 264 g/mol. The molecule has 106 valence electrons. The Morgan fingerprint density at radius 3 is 3.00 bits per heavy atom. The molecule has 1 saturated heterocycles. The number of aliphatic hydroxyl groups excluding tert-OH is 1. The van der Waals surface area contributed by atoms with Gasteiger partial charge in [-0.2, -0.15) is 5.10 Å². The van der Waals surface area contributed by atoms with E-state index in [0.29, 0.717) is 12.6 Å². The van der Waals surface area contributed by atoms with Crippen molar-refractivity contribution in [1.29, 1.82) is 0 Å². The van der Waals surface area contributed by atoms with Crippen LogP contribution in [0.5, 0.6) is 0 Å². The van der Waals surface area contributed by atoms with Gasteiger partial charge in [-0.05, 0) is 32.2 Å². The van der Waals surface area contributed by atoms with Gasteiger partial charge in [0.05, 0.1) is 19.3 Å². The van der Waals surface area contributed by atoms with E-state index in [-0.39, 0.29) is 6.61 Å². The summed E-state index contributed by atoms with van der Waals surface area (Å²) in [5.41, 5.74) is 1.26. The molecule has 0 amide bonds. The van der Waals surface area contributed by atoms with Crippen LogP contribution in [0.25, 0.3) is 0 Å². The number of nitrogens with one attached hydrogen (secondary N) is 1. The molecular weight excluding hydrogens is 240 g/mol. The fraction of sp³-hybridized carbons (Fsp3) is 0.786. The van der Waals surface area contributed by atoms with Gasteiger partial charge in [0.15, 0.2) is 0 Å². The molecule has 19 heavy (non-hydrogen) atoms. The summed E-state index contributed by atoms with van der Waals surface area (Å²) in [5, 5.41) is 16.8. The van der Waals surface area contributed by atoms with Gasteiger partial charge in [-0.25, -0.2) is 0 Å². The van der Waals surface area contributed by atoms with Crippen LogP contribution in [0.3, 0.4) is 0 Å². The van der Waals surface area contributed by atoms with Crippen molar-refractivity contribution in [3.8, 4) is 0 Å². The molecule has 3 rings (SSSR count). The summed E-state index contributed by atoms with van der Waals surface area (Å²) in [7, 11) is 0. The first kappa shape index (κ1) is 13.1. The van der Waals surface area contributed by atoms with Gasteiger partial charge in [0.25, 0.3) is 0 Å². The minimum atomic E-state index is 0.152. The van der Waals surface area contributed by atoms with E-state index in [1.54, 1.807) is 0 Å². The fourth-order valence-corrected chi connectivity index (χ4v) is 2.93. The van der Waals surface area contributed by atoms with Crippen molar-refractivity contribution in [3.63, 3.8) is 0 Å². The van der Waals surface area contributed by atoms with E-state index in [2.05, 4.69) is 21.5 Å². The van der Waals surface area contributed by atoms with Gasteiger partial charge in [0.2, 0.25) is 0 Å². The summed E-state index contributed by atoms with van der Waals surface area (Å²) < 4.78 is 1.83. The lowest BCUT2D eigenvalue weighted by Gasteiger charge is -2.25. The highest BCUT2D eigenvalue weighted by Crippen LogP contribution is 2.29. The minimum absolute atomic E-state index is 0.152. The standard InChI is InChI=1S/C14H24N4O/c19-7-6-18-10-12(8-16-18)9-17(14-3-4-14)11-13-2-1-5-15-13/h8,10,13-15,19H,1-7,9,11H2. The van der Waals surface area contributed by atoms with Gasteiger partial charge in [-0.15, -0.1) is 0 Å². The van der Waals surface area contributed by atoms with E-state index in [4.69, 9.17) is 5.11 Å². The number of hydrogen-bond donors (Lipinski definition) is 2. The summed E-state index contributed by atoms with van der Waals surface area (Å²) >= 11 is 0. The number of hydrogen-bond acceptors (Lipinski definition) is 4. The van der Waals surface area contributed by atoms with Gasteiger partial charge >= 0.3 is 0 Å². The topological polar surface area (TPSA) is 53.3 Å². The van der Waals surface area contributed by atoms with Gasteiger partial charge in [0.1, 0.15) is 0 Å². The normalized spacial score (nSPS) is 23.4. The predicted octanol–water partition coefficient (Wildman–Crippen LogP) is 0.592. The molecule has 2 aliphatic rings. The Bertz CT molecular complexity index is 396. The Kier molecular flexibility index (Phi) is 4.15. The van der Waals surface area contributed by atoms with Crippen molar-refractivity contribution in [1.82, 2.24) is 20.0 Å². The quantitative estimate of drug-likeness (QED) is 0.757. The highest BCUT2D eigenvalue weighted by Gasteiger charge is 2.31. The Morgan fingerprint density at radius 2 is 2.32 bits per heavy atom. The van der Waals surface area contributed by atoms with E-state index >= 15 is 0 Å². The third-order valence-electron chi connectivity index (χ3n) is 4.08. The van der Waals surface area contributed by atoms with Gasteiger partial charge in [-0.3, -0.25) is 9.58 Å². The number of aromatic nitrogens is 2. The van der Waals surface area contributed by atoms with Gasteiger partial charge in [0, 0.05) is 36.9 Å². The smallest absolute Gasteiger partial charge is 0.0640 e. The van der Waals surface area contributed by atoms with Crippen LogP contribution in [0.1, 0.15) is 31.2 Å². The Morgan fingerprint density at radius 1 is 1.42 bits per heavy atom. The minimum Gasteiger partial charge on any atom is -0.394 e. The van der Waals surface area contributed by atoms with E-state index in [1.807, 2.05) is 10.9 Å². The average Bonchev–Trinajstić information content (AvgIpc) is 2.95. The molecule has 0 radical (unpaired) electrons. The molecule has 1 saturated carbocycles. The van der Waals surface area contributed by atoms with Crippen molar-refractivity contribution >= 4 is 0 Å². The summed E-state index contributed by atoms with van der Waals surface area (Å²) in [6.07, 6.45) is 9.32. The van der Waals surface area contributed by atoms with Crippen molar-refractivity contribution < 1.29 is 5.11 Å². The van der Waals surface area contributed by atoms with Crippen LogP contribution in [0.15, 0.2) is 12.4 Å². The Labute approximate surface area is 114 Å². The molecule has 2 fully saturated rings. The molecule has 5 nitrogen and oxygen atoms in total. The van der Waals surface area contributed by atoms with Gasteiger partial charge in [-0.1, -0.05) is 0 Å².